The van der Waals surface area contributed by atoms with Gasteiger partial charge in [0.15, 0.2) is 0 Å². The first-order valence-corrected chi connectivity index (χ1v) is 5.55. The molecule has 0 unspecified atom stereocenters. The van der Waals surface area contributed by atoms with E-state index in [2.05, 4.69) is 22.6 Å². The molecule has 1 aromatic rings. The van der Waals surface area contributed by atoms with Gasteiger partial charge < -0.3 is 34.4 Å². The lowest BCUT2D eigenvalue weighted by atomic mass is 10.0. The van der Waals surface area contributed by atoms with Gasteiger partial charge in [0.25, 0.3) is 0 Å². The fourth-order valence-electron chi connectivity index (χ4n) is 1.24. The second-order valence-corrected chi connectivity index (χ2v) is 4.66. The largest absolute Gasteiger partial charge is 0.396 e. The van der Waals surface area contributed by atoms with E-state index in [4.69, 9.17) is 34.4 Å². The molecule has 1 rings (SSSR count). The molecule has 0 bridgehead atoms. The van der Waals surface area contributed by atoms with E-state index in [0.29, 0.717) is 23.5 Å². The number of nitrogen functional groups attached to an aromatic ring is 5. The number of nitrogens with two attached hydrogens (primary N) is 6. The van der Waals surface area contributed by atoms with Crippen LogP contribution in [0.3, 0.4) is 0 Å². The Morgan fingerprint density at radius 3 is 1.62 bits per heavy atom. The first-order valence-electron chi connectivity index (χ1n) is 4.47. The summed E-state index contributed by atoms with van der Waals surface area (Å²) in [6, 6.07) is 0. The number of rotatable bonds is 2. The van der Waals surface area contributed by atoms with Gasteiger partial charge in [-0.3, -0.25) is 0 Å². The highest BCUT2D eigenvalue weighted by atomic mass is 127. The van der Waals surface area contributed by atoms with Gasteiger partial charge in [0.05, 0.1) is 28.4 Å². The number of hydrogen-bond acceptors (Lipinski definition) is 6. The van der Waals surface area contributed by atoms with Crippen LogP contribution >= 0.6 is 22.6 Å². The van der Waals surface area contributed by atoms with E-state index in [1.165, 1.54) is 0 Å². The predicted molar refractivity (Wildman–Crippen MR) is 79.6 cm³/mol. The molecule has 0 aromatic heterocycles. The second-order valence-electron chi connectivity index (χ2n) is 3.28. The van der Waals surface area contributed by atoms with Gasteiger partial charge in [0.1, 0.15) is 0 Å². The van der Waals surface area contributed by atoms with Gasteiger partial charge >= 0.3 is 0 Å². The van der Waals surface area contributed by atoms with E-state index in [9.17, 15) is 0 Å². The highest BCUT2D eigenvalue weighted by Gasteiger charge is 2.14. The minimum Gasteiger partial charge on any atom is -0.396 e. The van der Waals surface area contributed by atoms with Gasteiger partial charge in [-0.2, -0.15) is 0 Å². The molecule has 0 saturated heterocycles. The topological polar surface area (TPSA) is 156 Å². The Morgan fingerprint density at radius 2 is 1.25 bits per heavy atom. The molecule has 6 nitrogen and oxygen atoms in total. The zero-order valence-electron chi connectivity index (χ0n) is 8.63. The third-order valence-electron chi connectivity index (χ3n) is 2.24. The minimum atomic E-state index is 0.218. The molecular weight excluding hydrogens is 319 g/mol. The van der Waals surface area contributed by atoms with Gasteiger partial charge in [0.2, 0.25) is 0 Å². The highest BCUT2D eigenvalue weighted by Crippen LogP contribution is 2.39. The third-order valence-corrected chi connectivity index (χ3v) is 2.99. The Bertz CT molecular complexity index is 425. The van der Waals surface area contributed by atoms with Crippen molar-refractivity contribution in [2.75, 3.05) is 35.2 Å². The number of hydrogen-bond donors (Lipinski definition) is 6. The van der Waals surface area contributed by atoms with Crippen molar-refractivity contribution in [3.63, 3.8) is 0 Å². The van der Waals surface area contributed by atoms with Crippen LogP contribution in [0.5, 0.6) is 0 Å². The van der Waals surface area contributed by atoms with Crippen molar-refractivity contribution < 1.29 is 0 Å². The predicted octanol–water partition coefficient (Wildman–Crippen LogP) is 0.332. The molecular formula is C9H15IN6. The number of benzene rings is 1. The molecule has 0 aliphatic rings. The molecule has 0 aliphatic carbocycles. The van der Waals surface area contributed by atoms with Crippen LogP contribution in [0.4, 0.5) is 28.4 Å². The molecule has 0 radical (unpaired) electrons. The smallest absolute Gasteiger partial charge is 0.0824 e. The number of anilines is 5. The average molecular weight is 334 g/mol. The average Bonchev–Trinajstić information content (AvgIpc) is 2.29. The van der Waals surface area contributed by atoms with Crippen LogP contribution < -0.4 is 34.4 Å². The lowest BCUT2D eigenvalue weighted by molar-refractivity contribution is 1.25. The maximum Gasteiger partial charge on any atom is 0.0824 e. The van der Waals surface area contributed by atoms with Crippen molar-refractivity contribution in [3.05, 3.63) is 9.14 Å². The fourth-order valence-corrected chi connectivity index (χ4v) is 1.55. The molecule has 0 fully saturated rings. The molecule has 0 spiro atoms. The maximum absolute atomic E-state index is 5.83. The summed E-state index contributed by atoms with van der Waals surface area (Å²) >= 11 is 2.09. The Kier molecular flexibility index (Phi) is 3.70. The first kappa shape index (κ1) is 12.7. The molecule has 0 atom stereocenters. The van der Waals surface area contributed by atoms with Gasteiger partial charge in [-0.15, -0.1) is 0 Å². The monoisotopic (exact) mass is 334 g/mol. The van der Waals surface area contributed by atoms with Crippen molar-refractivity contribution in [1.29, 1.82) is 0 Å². The van der Waals surface area contributed by atoms with Crippen molar-refractivity contribution in [1.82, 2.24) is 0 Å². The van der Waals surface area contributed by atoms with Gasteiger partial charge in [-0.1, -0.05) is 0 Å². The van der Waals surface area contributed by atoms with Gasteiger partial charge in [0, 0.05) is 15.7 Å². The molecule has 7 heteroatoms. The summed E-state index contributed by atoms with van der Waals surface area (Å²) in [6.07, 6.45) is 1.75. The van der Waals surface area contributed by atoms with E-state index < -0.39 is 0 Å². The fraction of sp³-hybridized carbons (Fsp3) is 0.111. The molecule has 1 aromatic carbocycles. The summed E-state index contributed by atoms with van der Waals surface area (Å²) in [7, 11) is 0. The van der Waals surface area contributed by atoms with E-state index in [0.717, 1.165) is 3.58 Å². The van der Waals surface area contributed by atoms with Crippen LogP contribution in [0.25, 0.3) is 6.08 Å². The summed E-state index contributed by atoms with van der Waals surface area (Å²) in [5.41, 5.74) is 36.2. The summed E-state index contributed by atoms with van der Waals surface area (Å²) in [4.78, 5) is 0. The van der Waals surface area contributed by atoms with Crippen molar-refractivity contribution in [3.8, 4) is 0 Å². The summed E-state index contributed by atoms with van der Waals surface area (Å²) in [5, 5.41) is 0. The summed E-state index contributed by atoms with van der Waals surface area (Å²) in [6.45, 7) is 0.392. The molecule has 88 valence electrons. The second kappa shape index (κ2) is 4.66. The van der Waals surface area contributed by atoms with E-state index in [-0.39, 0.29) is 17.1 Å². The van der Waals surface area contributed by atoms with Crippen LogP contribution in [0.15, 0.2) is 3.58 Å². The normalized spacial score (nSPS) is 11.8. The minimum absolute atomic E-state index is 0.218. The van der Waals surface area contributed by atoms with Crippen LogP contribution in [0.2, 0.25) is 0 Å². The van der Waals surface area contributed by atoms with Gasteiger partial charge in [-0.25, -0.2) is 0 Å². The molecule has 16 heavy (non-hydrogen) atoms. The zero-order chi connectivity index (χ0) is 12.5. The van der Waals surface area contributed by atoms with E-state index in [1.807, 2.05) is 0 Å². The Balaban J connectivity index is 3.52. The van der Waals surface area contributed by atoms with Crippen LogP contribution in [0, 0.1) is 0 Å². The summed E-state index contributed by atoms with van der Waals surface area (Å²) < 4.78 is 0.888. The molecule has 12 N–H and O–H groups in total. The van der Waals surface area contributed by atoms with Crippen LogP contribution in [-0.4, -0.2) is 6.54 Å². The first-order chi connectivity index (χ1) is 7.40. The molecule has 0 amide bonds. The van der Waals surface area contributed by atoms with Gasteiger partial charge in [-0.05, 0) is 28.7 Å². The quantitative estimate of drug-likeness (QED) is 0.338. The SMILES string of the molecule is NC/C(I)=C/c1c(N)c(N)c(N)c(N)c1N. The van der Waals surface area contributed by atoms with Crippen molar-refractivity contribution in [2.45, 2.75) is 0 Å². The van der Waals surface area contributed by atoms with Crippen molar-refractivity contribution in [2.24, 2.45) is 5.73 Å². The third kappa shape index (κ3) is 2.09. The summed E-state index contributed by atoms with van der Waals surface area (Å²) in [5.74, 6) is 0. The Hall–Kier alpha value is -1.35. The van der Waals surface area contributed by atoms with E-state index in [1.54, 1.807) is 6.08 Å². The Labute approximate surface area is 107 Å². The van der Waals surface area contributed by atoms with Crippen molar-refractivity contribution >= 4 is 57.1 Å². The lowest BCUT2D eigenvalue weighted by Gasteiger charge is -2.14. The van der Waals surface area contributed by atoms with E-state index >= 15 is 0 Å². The molecule has 0 heterocycles. The lowest BCUT2D eigenvalue weighted by Crippen LogP contribution is -2.10. The molecule has 0 aliphatic heterocycles. The number of halogens is 1. The maximum atomic E-state index is 5.83. The Morgan fingerprint density at radius 1 is 0.875 bits per heavy atom. The zero-order valence-corrected chi connectivity index (χ0v) is 10.8. The van der Waals surface area contributed by atoms with Crippen LogP contribution in [0.1, 0.15) is 5.56 Å². The molecule has 0 saturated carbocycles. The van der Waals surface area contributed by atoms with Crippen LogP contribution in [-0.2, 0) is 0 Å². The standard InChI is InChI=1S/C9H15IN6/c10-3(2-11)1-4-5(12)7(14)9(16)8(15)6(4)13/h1H,2,11-16H2/b3-1-. The highest BCUT2D eigenvalue weighted by molar-refractivity contribution is 14.1.